The van der Waals surface area contributed by atoms with E-state index in [1.165, 1.54) is 11.8 Å². The number of aromatic nitrogens is 2. The zero-order chi connectivity index (χ0) is 16.5. The van der Waals surface area contributed by atoms with Gasteiger partial charge < -0.3 is 10.6 Å². The first-order chi connectivity index (χ1) is 11.1. The van der Waals surface area contributed by atoms with E-state index in [1.807, 2.05) is 18.2 Å². The molecule has 2 aromatic rings. The monoisotopic (exact) mass is 312 g/mol. The molecule has 2 N–H and O–H groups in total. The van der Waals surface area contributed by atoms with Crippen LogP contribution in [0.25, 0.3) is 0 Å². The van der Waals surface area contributed by atoms with Crippen molar-refractivity contribution < 1.29 is 4.79 Å². The van der Waals surface area contributed by atoms with E-state index in [2.05, 4.69) is 46.6 Å². The molecule has 0 aliphatic rings. The molecule has 0 spiro atoms. The summed E-state index contributed by atoms with van der Waals surface area (Å²) in [6.45, 7) is 5.69. The lowest BCUT2D eigenvalue weighted by Crippen LogP contribution is -2.26. The second kappa shape index (κ2) is 8.88. The van der Waals surface area contributed by atoms with E-state index in [0.717, 1.165) is 19.4 Å². The number of rotatable bonds is 8. The summed E-state index contributed by atoms with van der Waals surface area (Å²) in [5, 5.41) is 6.06. The van der Waals surface area contributed by atoms with Gasteiger partial charge in [-0.2, -0.15) is 0 Å². The molecule has 0 unspecified atom stereocenters. The van der Waals surface area contributed by atoms with Gasteiger partial charge in [-0.3, -0.25) is 4.79 Å². The first-order valence-corrected chi connectivity index (χ1v) is 8.03. The van der Waals surface area contributed by atoms with Crippen molar-refractivity contribution in [3.8, 4) is 0 Å². The summed E-state index contributed by atoms with van der Waals surface area (Å²) in [5.74, 6) is 1.08. The van der Waals surface area contributed by atoms with Crippen LogP contribution in [-0.4, -0.2) is 29.0 Å². The number of carbonyl (C=O) groups is 1. The molecule has 5 heteroatoms. The summed E-state index contributed by atoms with van der Waals surface area (Å²) in [4.78, 5) is 20.3. The zero-order valence-electron chi connectivity index (χ0n) is 13.7. The van der Waals surface area contributed by atoms with Gasteiger partial charge in [0.25, 0.3) is 5.91 Å². The second-order valence-corrected chi connectivity index (χ2v) is 5.89. The first-order valence-electron chi connectivity index (χ1n) is 8.03. The van der Waals surface area contributed by atoms with E-state index in [1.54, 1.807) is 6.20 Å². The molecule has 23 heavy (non-hydrogen) atoms. The molecule has 0 fully saturated rings. The maximum Gasteiger partial charge on any atom is 0.271 e. The van der Waals surface area contributed by atoms with Gasteiger partial charge in [-0.25, -0.2) is 9.97 Å². The lowest BCUT2D eigenvalue weighted by atomic mass is 10.1. The number of anilines is 1. The molecule has 2 rings (SSSR count). The molecule has 0 radical (unpaired) electrons. The molecule has 0 saturated carbocycles. The van der Waals surface area contributed by atoms with Crippen LogP contribution in [0.5, 0.6) is 0 Å². The third-order valence-corrected chi connectivity index (χ3v) is 3.45. The van der Waals surface area contributed by atoms with Crippen LogP contribution in [0.15, 0.2) is 42.7 Å². The molecular weight excluding hydrogens is 288 g/mol. The quantitative estimate of drug-likeness (QED) is 0.786. The van der Waals surface area contributed by atoms with Gasteiger partial charge in [0.15, 0.2) is 0 Å². The van der Waals surface area contributed by atoms with E-state index in [4.69, 9.17) is 0 Å². The SMILES string of the molecule is CC(C)CCNC(=O)c1cnc(NCCc2ccccc2)cn1. The fraction of sp³-hybridized carbons (Fsp3) is 0.389. The molecule has 0 atom stereocenters. The Labute approximate surface area is 137 Å². The van der Waals surface area contributed by atoms with Crippen LogP contribution in [-0.2, 0) is 6.42 Å². The number of benzene rings is 1. The minimum Gasteiger partial charge on any atom is -0.368 e. The Morgan fingerprint density at radius 1 is 1.09 bits per heavy atom. The summed E-state index contributed by atoms with van der Waals surface area (Å²) in [7, 11) is 0. The van der Waals surface area contributed by atoms with Crippen LogP contribution < -0.4 is 10.6 Å². The molecule has 1 aromatic carbocycles. The molecule has 5 nitrogen and oxygen atoms in total. The standard InChI is InChI=1S/C18H24N4O/c1-14(2)8-10-20-18(23)16-12-22-17(13-21-16)19-11-9-15-6-4-3-5-7-15/h3-7,12-14H,8-11H2,1-2H3,(H,19,22)(H,20,23). The van der Waals surface area contributed by atoms with Gasteiger partial charge in [-0.05, 0) is 24.3 Å². The van der Waals surface area contributed by atoms with Gasteiger partial charge >= 0.3 is 0 Å². The van der Waals surface area contributed by atoms with Crippen LogP contribution in [0.2, 0.25) is 0 Å². The van der Waals surface area contributed by atoms with Gasteiger partial charge in [0.05, 0.1) is 12.4 Å². The Morgan fingerprint density at radius 3 is 2.52 bits per heavy atom. The Hall–Kier alpha value is -2.43. The van der Waals surface area contributed by atoms with Crippen molar-refractivity contribution in [2.45, 2.75) is 26.7 Å². The number of nitrogens with one attached hydrogen (secondary N) is 2. The summed E-state index contributed by atoms with van der Waals surface area (Å²) in [6.07, 6.45) is 4.98. The van der Waals surface area contributed by atoms with Crippen LogP contribution in [0, 0.1) is 5.92 Å². The van der Waals surface area contributed by atoms with E-state index in [0.29, 0.717) is 24.0 Å². The third kappa shape index (κ3) is 6.06. The highest BCUT2D eigenvalue weighted by Crippen LogP contribution is 2.04. The Bertz CT molecular complexity index is 596. The second-order valence-electron chi connectivity index (χ2n) is 5.89. The molecule has 0 bridgehead atoms. The average molecular weight is 312 g/mol. The molecule has 0 aliphatic carbocycles. The first kappa shape index (κ1) is 16.9. The molecule has 0 saturated heterocycles. The highest BCUT2D eigenvalue weighted by molar-refractivity contribution is 5.91. The predicted molar refractivity (Wildman–Crippen MR) is 92.5 cm³/mol. The van der Waals surface area contributed by atoms with Crippen LogP contribution in [0.3, 0.4) is 0 Å². The van der Waals surface area contributed by atoms with Crippen molar-refractivity contribution in [1.29, 1.82) is 0 Å². The molecule has 0 aliphatic heterocycles. The summed E-state index contributed by atoms with van der Waals surface area (Å²) in [6, 6.07) is 10.3. The number of amides is 1. The van der Waals surface area contributed by atoms with Crippen molar-refractivity contribution in [2.24, 2.45) is 5.92 Å². The Balaban J connectivity index is 1.76. The predicted octanol–water partition coefficient (Wildman–Crippen LogP) is 2.91. The minimum absolute atomic E-state index is 0.172. The lowest BCUT2D eigenvalue weighted by molar-refractivity contribution is 0.0946. The minimum atomic E-state index is -0.172. The topological polar surface area (TPSA) is 66.9 Å². The van der Waals surface area contributed by atoms with Gasteiger partial charge in [-0.15, -0.1) is 0 Å². The van der Waals surface area contributed by atoms with Gasteiger partial charge in [-0.1, -0.05) is 44.2 Å². The van der Waals surface area contributed by atoms with Crippen molar-refractivity contribution in [2.75, 3.05) is 18.4 Å². The van der Waals surface area contributed by atoms with Crippen LogP contribution in [0.4, 0.5) is 5.82 Å². The van der Waals surface area contributed by atoms with Crippen molar-refractivity contribution in [1.82, 2.24) is 15.3 Å². The van der Waals surface area contributed by atoms with Crippen molar-refractivity contribution in [3.05, 3.63) is 54.0 Å². The van der Waals surface area contributed by atoms with E-state index < -0.39 is 0 Å². The molecular formula is C18H24N4O. The summed E-state index contributed by atoms with van der Waals surface area (Å²) >= 11 is 0. The Morgan fingerprint density at radius 2 is 1.87 bits per heavy atom. The van der Waals surface area contributed by atoms with Crippen LogP contribution in [0.1, 0.15) is 36.3 Å². The van der Waals surface area contributed by atoms with Crippen molar-refractivity contribution >= 4 is 11.7 Å². The summed E-state index contributed by atoms with van der Waals surface area (Å²) in [5.41, 5.74) is 1.62. The fourth-order valence-electron chi connectivity index (χ4n) is 2.08. The number of hydrogen-bond donors (Lipinski definition) is 2. The largest absolute Gasteiger partial charge is 0.368 e. The highest BCUT2D eigenvalue weighted by atomic mass is 16.1. The maximum absolute atomic E-state index is 11.9. The smallest absolute Gasteiger partial charge is 0.271 e. The van der Waals surface area contributed by atoms with E-state index in [-0.39, 0.29) is 5.91 Å². The Kier molecular flexibility index (Phi) is 6.54. The number of nitrogens with zero attached hydrogens (tertiary/aromatic N) is 2. The number of carbonyl (C=O) groups excluding carboxylic acids is 1. The normalized spacial score (nSPS) is 10.6. The van der Waals surface area contributed by atoms with Gasteiger partial charge in [0, 0.05) is 13.1 Å². The lowest BCUT2D eigenvalue weighted by Gasteiger charge is -2.08. The summed E-state index contributed by atoms with van der Waals surface area (Å²) < 4.78 is 0. The van der Waals surface area contributed by atoms with Crippen LogP contribution >= 0.6 is 0 Å². The third-order valence-electron chi connectivity index (χ3n) is 3.45. The fourth-order valence-corrected chi connectivity index (χ4v) is 2.08. The van der Waals surface area contributed by atoms with Gasteiger partial charge in [0.2, 0.25) is 0 Å². The molecule has 122 valence electrons. The van der Waals surface area contributed by atoms with Crippen molar-refractivity contribution in [3.63, 3.8) is 0 Å². The maximum atomic E-state index is 11.9. The number of hydrogen-bond acceptors (Lipinski definition) is 4. The molecule has 1 amide bonds. The zero-order valence-corrected chi connectivity index (χ0v) is 13.7. The molecule has 1 heterocycles. The van der Waals surface area contributed by atoms with E-state index >= 15 is 0 Å². The van der Waals surface area contributed by atoms with E-state index in [9.17, 15) is 4.79 Å². The molecule has 1 aromatic heterocycles. The highest BCUT2D eigenvalue weighted by Gasteiger charge is 2.07. The average Bonchev–Trinajstić information content (AvgIpc) is 2.56. The van der Waals surface area contributed by atoms with Gasteiger partial charge in [0.1, 0.15) is 11.5 Å².